The molecule has 4 saturated carbocycles. The first-order valence-electron chi connectivity index (χ1n) is 15.7. The lowest BCUT2D eigenvalue weighted by atomic mass is 9.49. The first-order chi connectivity index (χ1) is 21.3. The summed E-state index contributed by atoms with van der Waals surface area (Å²) >= 11 is 0. The standard InChI is InChI=1S/C19H28F2O5.C18H15S/c1-17(2,3)26-16(23)24-10-19-7-11-5-12(8-19)14(13(6-11)9-19)25-15(22)18(4,20)21;1-4-10-16(11-5-1)19(17-12-6-2-7-13-17)18-14-8-3-9-15-18/h11-14H,5-10H2,1-4H3;1-15H/q;+1. The molecule has 3 aromatic carbocycles. The normalized spacial score (nSPS) is 25.2. The molecule has 3 aromatic rings. The zero-order chi connectivity index (χ0) is 32.2. The minimum atomic E-state index is -3.47. The van der Waals surface area contributed by atoms with E-state index in [0.717, 1.165) is 32.1 Å². The molecule has 4 aliphatic rings. The van der Waals surface area contributed by atoms with Crippen LogP contribution in [0.1, 0.15) is 59.8 Å². The Labute approximate surface area is 268 Å². The van der Waals surface area contributed by atoms with E-state index in [9.17, 15) is 18.4 Å². The van der Waals surface area contributed by atoms with Gasteiger partial charge in [-0.25, -0.2) is 9.59 Å². The van der Waals surface area contributed by atoms with Gasteiger partial charge in [-0.05, 0) is 107 Å². The van der Waals surface area contributed by atoms with Gasteiger partial charge in [0.15, 0.2) is 14.7 Å². The van der Waals surface area contributed by atoms with Crippen LogP contribution in [0.4, 0.5) is 13.6 Å². The van der Waals surface area contributed by atoms with Gasteiger partial charge in [0, 0.05) is 12.3 Å². The molecule has 2 atom stereocenters. The predicted molar refractivity (Wildman–Crippen MR) is 170 cm³/mol. The fraction of sp³-hybridized carbons (Fsp3) is 0.459. The van der Waals surface area contributed by atoms with E-state index in [1.54, 1.807) is 20.8 Å². The highest BCUT2D eigenvalue weighted by atomic mass is 32.2. The summed E-state index contributed by atoms with van der Waals surface area (Å²) in [6, 6.07) is 32.2. The fourth-order valence-corrected chi connectivity index (χ4v) is 9.42. The Morgan fingerprint density at radius 1 is 0.756 bits per heavy atom. The van der Waals surface area contributed by atoms with Gasteiger partial charge in [-0.3, -0.25) is 0 Å². The maximum atomic E-state index is 13.2. The van der Waals surface area contributed by atoms with E-state index in [2.05, 4.69) is 91.0 Å². The first kappa shape index (κ1) is 33.0. The molecule has 0 radical (unpaired) electrons. The first-order valence-corrected chi connectivity index (χ1v) is 16.9. The van der Waals surface area contributed by atoms with E-state index in [0.29, 0.717) is 12.8 Å². The number of ether oxygens (including phenoxy) is 3. The van der Waals surface area contributed by atoms with Gasteiger partial charge in [-0.1, -0.05) is 54.6 Å². The second-order valence-electron chi connectivity index (χ2n) is 13.7. The van der Waals surface area contributed by atoms with Gasteiger partial charge in [0.05, 0.1) is 10.9 Å². The lowest BCUT2D eigenvalue weighted by molar-refractivity contribution is -0.204. The van der Waals surface area contributed by atoms with Crippen molar-refractivity contribution in [2.75, 3.05) is 6.61 Å². The minimum Gasteiger partial charge on any atom is -0.457 e. The third kappa shape index (κ3) is 8.46. The molecule has 0 amide bonds. The van der Waals surface area contributed by atoms with Gasteiger partial charge in [0.25, 0.3) is 0 Å². The van der Waals surface area contributed by atoms with Crippen LogP contribution < -0.4 is 0 Å². The van der Waals surface area contributed by atoms with E-state index >= 15 is 0 Å². The van der Waals surface area contributed by atoms with Gasteiger partial charge >= 0.3 is 18.0 Å². The SMILES string of the molecule is CC(C)(C)OC(=O)OCC12CC3CC(C1)C(OC(=O)C(C)(F)F)C(C3)C2.c1ccc([S+](c2ccccc2)c2ccccc2)cc1. The van der Waals surface area contributed by atoms with Crippen molar-refractivity contribution < 1.29 is 32.6 Å². The number of esters is 1. The van der Waals surface area contributed by atoms with Gasteiger partial charge in [-0.15, -0.1) is 0 Å². The highest BCUT2D eigenvalue weighted by molar-refractivity contribution is 7.97. The molecule has 7 rings (SSSR count). The molecule has 0 N–H and O–H groups in total. The lowest BCUT2D eigenvalue weighted by Gasteiger charge is -2.59. The van der Waals surface area contributed by atoms with Crippen LogP contribution in [0.25, 0.3) is 0 Å². The molecule has 0 aromatic heterocycles. The van der Waals surface area contributed by atoms with Crippen LogP contribution >= 0.6 is 0 Å². The van der Waals surface area contributed by atoms with Gasteiger partial charge in [0.1, 0.15) is 18.3 Å². The van der Waals surface area contributed by atoms with Crippen molar-refractivity contribution >= 4 is 23.0 Å². The van der Waals surface area contributed by atoms with Crippen LogP contribution in [-0.4, -0.2) is 36.4 Å². The smallest absolute Gasteiger partial charge is 0.457 e. The molecule has 5 nitrogen and oxygen atoms in total. The number of benzene rings is 3. The third-order valence-corrected chi connectivity index (χ3v) is 11.0. The summed E-state index contributed by atoms with van der Waals surface area (Å²) in [7, 11) is -0.0146. The molecular weight excluding hydrogens is 594 g/mol. The molecule has 240 valence electrons. The van der Waals surface area contributed by atoms with Crippen molar-refractivity contribution in [1.29, 1.82) is 0 Å². The highest BCUT2D eigenvalue weighted by Crippen LogP contribution is 2.61. The maximum absolute atomic E-state index is 13.2. The molecule has 2 unspecified atom stereocenters. The minimum absolute atomic E-state index is 0.0146. The summed E-state index contributed by atoms with van der Waals surface area (Å²) < 4.78 is 42.2. The van der Waals surface area contributed by atoms with Gasteiger partial charge in [0.2, 0.25) is 0 Å². The number of hydrogen-bond donors (Lipinski definition) is 0. The van der Waals surface area contributed by atoms with Crippen LogP contribution in [0.3, 0.4) is 0 Å². The number of alkyl halides is 2. The van der Waals surface area contributed by atoms with E-state index in [1.807, 2.05) is 0 Å². The predicted octanol–water partition coefficient (Wildman–Crippen LogP) is 9.11. The highest BCUT2D eigenvalue weighted by Gasteiger charge is 2.58. The van der Waals surface area contributed by atoms with Crippen LogP contribution in [0, 0.1) is 23.2 Å². The number of carbonyl (C=O) groups excluding carboxylic acids is 2. The van der Waals surface area contributed by atoms with Crippen molar-refractivity contribution in [2.24, 2.45) is 23.2 Å². The van der Waals surface area contributed by atoms with E-state index in [4.69, 9.17) is 14.2 Å². The summed E-state index contributed by atoms with van der Waals surface area (Å²) in [6.45, 7) is 6.18. The molecule has 0 spiro atoms. The van der Waals surface area contributed by atoms with Crippen LogP contribution in [-0.2, 0) is 29.9 Å². The topological polar surface area (TPSA) is 61.8 Å². The van der Waals surface area contributed by atoms with Crippen molar-refractivity contribution in [3.63, 3.8) is 0 Å². The Morgan fingerprint density at radius 3 is 1.60 bits per heavy atom. The van der Waals surface area contributed by atoms with E-state index < -0.39 is 29.8 Å². The summed E-state index contributed by atoms with van der Waals surface area (Å²) in [5.74, 6) is -4.29. The Morgan fingerprint density at radius 2 is 1.20 bits per heavy atom. The summed E-state index contributed by atoms with van der Waals surface area (Å²) in [6.07, 6.45) is 3.08. The second kappa shape index (κ2) is 13.5. The third-order valence-electron chi connectivity index (χ3n) is 8.74. The molecule has 4 aliphatic carbocycles. The number of halogens is 2. The van der Waals surface area contributed by atoms with E-state index in [-0.39, 0.29) is 34.8 Å². The zero-order valence-electron chi connectivity index (χ0n) is 26.4. The number of rotatable bonds is 7. The van der Waals surface area contributed by atoms with Gasteiger partial charge < -0.3 is 14.2 Å². The Kier molecular flexibility index (Phi) is 9.92. The monoisotopic (exact) mass is 637 g/mol. The molecule has 45 heavy (non-hydrogen) atoms. The fourth-order valence-electron chi connectivity index (χ4n) is 7.31. The molecule has 4 bridgehead atoms. The Bertz CT molecular complexity index is 1310. The maximum Gasteiger partial charge on any atom is 0.508 e. The molecule has 0 saturated heterocycles. The largest absolute Gasteiger partial charge is 0.508 e. The van der Waals surface area contributed by atoms with Crippen LogP contribution in [0.5, 0.6) is 0 Å². The molecule has 8 heteroatoms. The van der Waals surface area contributed by atoms with Crippen LogP contribution in [0.15, 0.2) is 106 Å². The van der Waals surface area contributed by atoms with Crippen molar-refractivity contribution in [3.05, 3.63) is 91.0 Å². The molecule has 4 fully saturated rings. The summed E-state index contributed by atoms with van der Waals surface area (Å²) in [5, 5.41) is 0. The molecule has 0 heterocycles. The second-order valence-corrected chi connectivity index (χ2v) is 15.8. The zero-order valence-corrected chi connectivity index (χ0v) is 27.2. The van der Waals surface area contributed by atoms with Crippen molar-refractivity contribution in [3.8, 4) is 0 Å². The lowest BCUT2D eigenvalue weighted by Crippen LogP contribution is -2.56. The van der Waals surface area contributed by atoms with Crippen LogP contribution in [0.2, 0.25) is 0 Å². The Balaban J connectivity index is 0.000000186. The average molecular weight is 638 g/mol. The van der Waals surface area contributed by atoms with Gasteiger partial charge in [-0.2, -0.15) is 8.78 Å². The number of hydrogen-bond acceptors (Lipinski definition) is 5. The Hall–Kier alpha value is -3.39. The average Bonchev–Trinajstić information content (AvgIpc) is 2.98. The van der Waals surface area contributed by atoms with E-state index in [1.165, 1.54) is 14.7 Å². The summed E-state index contributed by atoms with van der Waals surface area (Å²) in [5.41, 5.74) is -0.756. The van der Waals surface area contributed by atoms with Crippen molar-refractivity contribution in [2.45, 2.75) is 92.1 Å². The quantitative estimate of drug-likeness (QED) is 0.191. The molecule has 0 aliphatic heterocycles. The van der Waals surface area contributed by atoms with Crippen molar-refractivity contribution in [1.82, 2.24) is 0 Å². The molecular formula is C37H43F2O5S+. The number of carbonyl (C=O) groups is 2. The summed E-state index contributed by atoms with van der Waals surface area (Å²) in [4.78, 5) is 27.6.